The first-order valence-corrected chi connectivity index (χ1v) is 5.03. The molecule has 3 heteroatoms. The highest BCUT2D eigenvalue weighted by atomic mass is 79.9. The molecular weight excluding hydrogens is 226 g/mol. The second-order valence-electron chi connectivity index (χ2n) is 2.41. The molecule has 0 spiro atoms. The van der Waals surface area contributed by atoms with Gasteiger partial charge in [-0.25, -0.2) is 0 Å². The fraction of sp³-hybridized carbons (Fsp3) is 1.00. The van der Waals surface area contributed by atoms with Crippen LogP contribution in [0.3, 0.4) is 0 Å². The normalized spacial score (nSPS) is 7.50. The predicted octanol–water partition coefficient (Wildman–Crippen LogP) is 5.22. The van der Waals surface area contributed by atoms with Crippen LogP contribution in [0.1, 0.15) is 52.4 Å². The van der Waals surface area contributed by atoms with Crippen LogP contribution in [0.2, 0.25) is 0 Å². The van der Waals surface area contributed by atoms with E-state index >= 15 is 0 Å². The van der Waals surface area contributed by atoms with E-state index in [-0.39, 0.29) is 0 Å². The van der Waals surface area contributed by atoms with Crippen LogP contribution in [0.15, 0.2) is 0 Å². The number of halogens is 3. The van der Waals surface area contributed by atoms with Gasteiger partial charge in [0, 0.05) is 0 Å². The lowest BCUT2D eigenvalue weighted by atomic mass is 10.1. The molecule has 0 nitrogen and oxygen atoms in total. The Hall–Kier alpha value is 0.340. The van der Waals surface area contributed by atoms with E-state index in [0.717, 1.165) is 0 Å². The van der Waals surface area contributed by atoms with E-state index in [1.807, 2.05) is 0 Å². The molecule has 0 unspecified atom stereocenters. The topological polar surface area (TPSA) is 0 Å². The van der Waals surface area contributed by atoms with Crippen molar-refractivity contribution >= 4 is 16.4 Å². The predicted molar refractivity (Wildman–Crippen MR) is 56.1 cm³/mol. The van der Waals surface area contributed by atoms with Gasteiger partial charge < -0.3 is 0 Å². The monoisotopic (exact) mass is 246 g/mol. The van der Waals surface area contributed by atoms with Crippen LogP contribution >= 0.6 is 16.4 Å². The molecule has 0 aliphatic rings. The maximum absolute atomic E-state index is 9.50. The van der Waals surface area contributed by atoms with E-state index in [9.17, 15) is 7.95 Å². The van der Waals surface area contributed by atoms with Crippen LogP contribution in [0.25, 0.3) is 0 Å². The van der Waals surface area contributed by atoms with Crippen molar-refractivity contribution < 1.29 is 7.95 Å². The van der Waals surface area contributed by atoms with Gasteiger partial charge in [-0.15, -0.1) is 0 Å². The first-order valence-electron chi connectivity index (χ1n) is 4.44. The molecule has 0 saturated heterocycles. The summed E-state index contributed by atoms with van der Waals surface area (Å²) in [4.78, 5) is 0. The quantitative estimate of drug-likeness (QED) is 0.584. The fourth-order valence-corrected chi connectivity index (χ4v) is 0.854. The van der Waals surface area contributed by atoms with Gasteiger partial charge in [0.1, 0.15) is 0 Å². The molecule has 0 aliphatic carbocycles. The average Bonchev–Trinajstić information content (AvgIpc) is 2.19. The van der Waals surface area contributed by atoms with Crippen molar-refractivity contribution in [2.24, 2.45) is 0 Å². The largest absolute Gasteiger partial charge is 0.255 e. The maximum Gasteiger partial charge on any atom is 0.158 e. The summed E-state index contributed by atoms with van der Waals surface area (Å²) in [5, 5.41) is 0. The van der Waals surface area contributed by atoms with Crippen LogP contribution in [0.4, 0.5) is 7.95 Å². The Labute approximate surface area is 84.3 Å². The van der Waals surface area contributed by atoms with E-state index in [4.69, 9.17) is 0 Å². The van der Waals surface area contributed by atoms with Gasteiger partial charge in [0.05, 0.1) is 7.18 Å². The summed E-state index contributed by atoms with van der Waals surface area (Å²) in [7, 11) is 0.500. The van der Waals surface area contributed by atoms with E-state index in [2.05, 4.69) is 13.8 Å². The molecule has 0 saturated carbocycles. The van der Waals surface area contributed by atoms with Gasteiger partial charge in [0.2, 0.25) is 0 Å². The van der Waals surface area contributed by atoms with Crippen LogP contribution in [0.5, 0.6) is 0 Å². The molecule has 78 valence electrons. The lowest BCUT2D eigenvalue weighted by Gasteiger charge is -1.93. The Bertz CT molecular complexity index is 37.5. The minimum Gasteiger partial charge on any atom is -0.255 e. The maximum atomic E-state index is 9.50. The zero-order valence-electron chi connectivity index (χ0n) is 8.38. The minimum atomic E-state index is 0.500. The summed E-state index contributed by atoms with van der Waals surface area (Å²) in [6.07, 6.45) is 8.49. The van der Waals surface area contributed by atoms with Crippen molar-refractivity contribution in [3.05, 3.63) is 0 Å². The number of hydrogen-bond acceptors (Lipinski definition) is 0. The summed E-state index contributed by atoms with van der Waals surface area (Å²) in [6.45, 7) is 4.51. The Balaban J connectivity index is -0.000000175. The Kier molecular flexibility index (Phi) is 45.7. The molecule has 0 aromatic carbocycles. The van der Waals surface area contributed by atoms with Crippen LogP contribution in [0, 0.1) is 0 Å². The van der Waals surface area contributed by atoms with Crippen molar-refractivity contribution in [1.29, 1.82) is 0 Å². The molecule has 0 N–H and O–H groups in total. The second-order valence-corrected chi connectivity index (χ2v) is 2.41. The number of unbranched alkanes of at least 4 members (excludes halogenated alkanes) is 5. The standard InChI is InChI=1S/C8H18.CH3F.BrF/c1-3-5-7-8-6-4-2;2*1-2/h3-8H2,1-2H3;1H3;. The zero-order chi connectivity index (χ0) is 10.2. The lowest BCUT2D eigenvalue weighted by molar-refractivity contribution is 0.624. The molecule has 0 amide bonds. The Morgan fingerprint density at radius 3 is 1.17 bits per heavy atom. The highest BCUT2D eigenvalue weighted by Crippen LogP contribution is 2.03. The van der Waals surface area contributed by atoms with Gasteiger partial charge >= 0.3 is 0 Å². The van der Waals surface area contributed by atoms with Crippen molar-refractivity contribution in [3.63, 3.8) is 0 Å². The smallest absolute Gasteiger partial charge is 0.158 e. The summed E-state index contributed by atoms with van der Waals surface area (Å²) in [5.74, 6) is 0. The van der Waals surface area contributed by atoms with Crippen molar-refractivity contribution in [3.8, 4) is 0 Å². The van der Waals surface area contributed by atoms with Gasteiger partial charge in [-0.1, -0.05) is 52.4 Å². The summed E-state index contributed by atoms with van der Waals surface area (Å²) in [5.41, 5.74) is 0. The van der Waals surface area contributed by atoms with Gasteiger partial charge in [-0.2, -0.15) is 3.56 Å². The molecule has 0 aliphatic heterocycles. The molecule has 0 aromatic rings. The Morgan fingerprint density at radius 2 is 1.00 bits per heavy atom. The molecule has 0 bridgehead atoms. The minimum absolute atomic E-state index is 0.500. The highest BCUT2D eigenvalue weighted by Gasteiger charge is 1.83. The van der Waals surface area contributed by atoms with E-state index in [1.165, 1.54) is 54.9 Å². The van der Waals surface area contributed by atoms with E-state index in [0.29, 0.717) is 7.18 Å². The third-order valence-electron chi connectivity index (χ3n) is 1.46. The molecule has 0 fully saturated rings. The molecule has 0 heterocycles. The Morgan fingerprint density at radius 1 is 0.750 bits per heavy atom. The van der Waals surface area contributed by atoms with Gasteiger partial charge in [0.15, 0.2) is 16.4 Å². The SMILES string of the molecule is CCCCCCCC.CF.FBr. The molecule has 0 rings (SSSR count). The van der Waals surface area contributed by atoms with Crippen LogP contribution in [-0.4, -0.2) is 7.18 Å². The van der Waals surface area contributed by atoms with Crippen molar-refractivity contribution in [1.82, 2.24) is 0 Å². The number of rotatable bonds is 5. The third-order valence-corrected chi connectivity index (χ3v) is 1.46. The fourth-order valence-electron chi connectivity index (χ4n) is 0.854. The molecule has 0 atom stereocenters. The number of alkyl halides is 1. The second kappa shape index (κ2) is 30.2. The molecule has 0 aromatic heterocycles. The lowest BCUT2D eigenvalue weighted by Crippen LogP contribution is -1.73. The van der Waals surface area contributed by atoms with E-state index in [1.54, 1.807) is 0 Å². The van der Waals surface area contributed by atoms with Gasteiger partial charge in [-0.3, -0.25) is 4.39 Å². The summed E-state index contributed by atoms with van der Waals surface area (Å²) in [6, 6.07) is 0. The van der Waals surface area contributed by atoms with Gasteiger partial charge in [-0.05, 0) is 0 Å². The third kappa shape index (κ3) is 31.6. The highest BCUT2D eigenvalue weighted by molar-refractivity contribution is 9.05. The van der Waals surface area contributed by atoms with Crippen molar-refractivity contribution in [2.75, 3.05) is 7.18 Å². The summed E-state index contributed by atoms with van der Waals surface area (Å²) < 4.78 is 18.8. The molecular formula is C9H21BrF2. The molecule has 12 heavy (non-hydrogen) atoms. The average molecular weight is 247 g/mol. The zero-order valence-corrected chi connectivity index (χ0v) is 9.96. The van der Waals surface area contributed by atoms with Crippen molar-refractivity contribution in [2.45, 2.75) is 52.4 Å². The summed E-state index contributed by atoms with van der Waals surface area (Å²) >= 11 is 1.44. The first kappa shape index (κ1) is 18.2. The van der Waals surface area contributed by atoms with Crippen LogP contribution in [-0.2, 0) is 0 Å². The first-order chi connectivity index (χ1) is 5.91. The number of hydrogen-bond donors (Lipinski definition) is 0. The van der Waals surface area contributed by atoms with Crippen LogP contribution < -0.4 is 0 Å². The van der Waals surface area contributed by atoms with Gasteiger partial charge in [0.25, 0.3) is 0 Å². The van der Waals surface area contributed by atoms with E-state index < -0.39 is 0 Å². The molecule has 0 radical (unpaired) electrons.